The van der Waals surface area contributed by atoms with Crippen molar-refractivity contribution in [3.05, 3.63) is 93.8 Å². The number of halogens is 1. The van der Waals surface area contributed by atoms with E-state index in [0.717, 1.165) is 46.4 Å². The third-order valence-electron chi connectivity index (χ3n) is 7.00. The zero-order chi connectivity index (χ0) is 25.1. The van der Waals surface area contributed by atoms with Crippen molar-refractivity contribution in [1.82, 2.24) is 5.32 Å². The lowest BCUT2D eigenvalue weighted by atomic mass is 9.81. The summed E-state index contributed by atoms with van der Waals surface area (Å²) in [5.74, 6) is -0.136. The highest BCUT2D eigenvalue weighted by atomic mass is 19.1. The van der Waals surface area contributed by atoms with Crippen molar-refractivity contribution >= 4 is 5.97 Å². The van der Waals surface area contributed by atoms with Gasteiger partial charge in [0.05, 0.1) is 12.7 Å². The minimum atomic E-state index is -0.903. The van der Waals surface area contributed by atoms with Gasteiger partial charge in [-0.1, -0.05) is 30.3 Å². The highest BCUT2D eigenvalue weighted by Gasteiger charge is 2.30. The van der Waals surface area contributed by atoms with E-state index in [1.807, 2.05) is 45.0 Å². The first-order chi connectivity index (χ1) is 16.8. The van der Waals surface area contributed by atoms with Crippen molar-refractivity contribution in [2.75, 3.05) is 13.7 Å². The molecule has 0 saturated heterocycles. The third-order valence-corrected chi connectivity index (χ3v) is 7.00. The van der Waals surface area contributed by atoms with Crippen molar-refractivity contribution in [1.29, 1.82) is 0 Å². The molecule has 0 fully saturated rings. The van der Waals surface area contributed by atoms with E-state index < -0.39 is 5.97 Å². The minimum absolute atomic E-state index is 0.0211. The quantitative estimate of drug-likeness (QED) is 0.406. The second kappa shape index (κ2) is 10.5. The molecule has 0 unspecified atom stereocenters. The highest BCUT2D eigenvalue weighted by molar-refractivity contribution is 5.90. The van der Waals surface area contributed by atoms with E-state index >= 15 is 0 Å². The van der Waals surface area contributed by atoms with Crippen LogP contribution in [-0.4, -0.2) is 30.8 Å². The fraction of sp³-hybridized carbons (Fsp3) is 0.345. The number of carbonyl (C=O) groups is 1. The highest BCUT2D eigenvalue weighted by Crippen LogP contribution is 2.42. The molecular formula is C29H32FNO4. The van der Waals surface area contributed by atoms with Gasteiger partial charge >= 0.3 is 5.97 Å². The molecule has 0 aliphatic carbocycles. The average molecular weight is 478 g/mol. The maximum Gasteiger partial charge on any atom is 0.335 e. The molecule has 5 nitrogen and oxygen atoms in total. The second-order valence-electron chi connectivity index (χ2n) is 9.24. The summed E-state index contributed by atoms with van der Waals surface area (Å²) in [5, 5.41) is 13.2. The Morgan fingerprint density at radius 2 is 1.97 bits per heavy atom. The first-order valence-corrected chi connectivity index (χ1v) is 11.9. The molecule has 4 rings (SSSR count). The van der Waals surface area contributed by atoms with Crippen molar-refractivity contribution in [2.45, 2.75) is 51.7 Å². The molecule has 1 aliphatic heterocycles. The summed E-state index contributed by atoms with van der Waals surface area (Å²) in [4.78, 5) is 11.8. The number of aryl methyl sites for hydroxylation is 1. The fourth-order valence-electron chi connectivity index (χ4n) is 4.82. The summed E-state index contributed by atoms with van der Waals surface area (Å²) in [6.07, 6.45) is 1.52. The monoisotopic (exact) mass is 477 g/mol. The molecule has 1 heterocycles. The Balaban J connectivity index is 1.50. The molecule has 2 N–H and O–H groups in total. The van der Waals surface area contributed by atoms with Crippen LogP contribution in [0, 0.1) is 19.7 Å². The molecule has 0 bridgehead atoms. The van der Waals surface area contributed by atoms with Crippen LogP contribution in [0.15, 0.2) is 54.6 Å². The van der Waals surface area contributed by atoms with E-state index in [1.54, 1.807) is 12.1 Å². The van der Waals surface area contributed by atoms with Gasteiger partial charge in [0.2, 0.25) is 0 Å². The number of nitrogens with one attached hydrogen (secondary N) is 1. The summed E-state index contributed by atoms with van der Waals surface area (Å²) >= 11 is 0. The van der Waals surface area contributed by atoms with Gasteiger partial charge in [-0.05, 0) is 86.7 Å². The minimum Gasteiger partial charge on any atom is -0.494 e. The number of hydrogen-bond acceptors (Lipinski definition) is 4. The number of carboxylic acids is 1. The Labute approximate surface area is 205 Å². The second-order valence-corrected chi connectivity index (χ2v) is 9.24. The zero-order valence-corrected chi connectivity index (χ0v) is 20.6. The Kier molecular flexibility index (Phi) is 7.41. The van der Waals surface area contributed by atoms with Gasteiger partial charge in [-0.2, -0.15) is 0 Å². The van der Waals surface area contributed by atoms with E-state index in [1.165, 1.54) is 13.2 Å². The van der Waals surface area contributed by atoms with Crippen molar-refractivity contribution in [2.24, 2.45) is 0 Å². The average Bonchev–Trinajstić information content (AvgIpc) is 2.85. The number of rotatable bonds is 8. The standard InChI is InChI=1S/C29H32FNO4/c1-17-13-21(14-24(18(17)2)29(32)33)25-16-22(35-27-8-6-5-7-23(25)27)11-12-31-19(3)20-9-10-26(30)28(15-20)34-4/h5-10,13-15,19,22,25,31H,11-12,16H2,1-4H3,(H,32,33)/t19-,22-,25-/m1/s1. The molecule has 3 atom stereocenters. The van der Waals surface area contributed by atoms with Crippen LogP contribution in [0.1, 0.15) is 69.9 Å². The van der Waals surface area contributed by atoms with Gasteiger partial charge in [0, 0.05) is 17.5 Å². The molecule has 0 aromatic heterocycles. The molecular weight excluding hydrogens is 445 g/mol. The van der Waals surface area contributed by atoms with Crippen LogP contribution < -0.4 is 14.8 Å². The topological polar surface area (TPSA) is 67.8 Å². The van der Waals surface area contributed by atoms with E-state index in [-0.39, 0.29) is 29.6 Å². The molecule has 3 aromatic carbocycles. The Bertz CT molecular complexity index is 1230. The number of fused-ring (bicyclic) bond motifs is 1. The fourth-order valence-corrected chi connectivity index (χ4v) is 4.82. The summed E-state index contributed by atoms with van der Waals surface area (Å²) in [5.41, 5.74) is 5.17. The maximum atomic E-state index is 13.7. The molecule has 3 aromatic rings. The van der Waals surface area contributed by atoms with Crippen LogP contribution in [-0.2, 0) is 0 Å². The third kappa shape index (κ3) is 5.33. The predicted molar refractivity (Wildman–Crippen MR) is 134 cm³/mol. The summed E-state index contributed by atoms with van der Waals surface area (Å²) in [7, 11) is 1.46. The van der Waals surface area contributed by atoms with Crippen LogP contribution in [0.25, 0.3) is 0 Å². The van der Waals surface area contributed by atoms with Crippen LogP contribution in [0.5, 0.6) is 11.5 Å². The summed E-state index contributed by atoms with van der Waals surface area (Å²) < 4.78 is 25.2. The van der Waals surface area contributed by atoms with Gasteiger partial charge in [0.25, 0.3) is 0 Å². The Hall–Kier alpha value is -3.38. The SMILES string of the molecule is COc1cc([C@@H](C)NCC[C@@H]2C[C@H](c3cc(C)c(C)c(C(=O)O)c3)c3ccccc3O2)ccc1F. The van der Waals surface area contributed by atoms with Gasteiger partial charge in [0.1, 0.15) is 11.9 Å². The lowest BCUT2D eigenvalue weighted by molar-refractivity contribution is 0.0696. The van der Waals surface area contributed by atoms with Crippen molar-refractivity contribution < 1.29 is 23.8 Å². The molecule has 1 aliphatic rings. The molecule has 35 heavy (non-hydrogen) atoms. The lowest BCUT2D eigenvalue weighted by Gasteiger charge is -2.33. The molecule has 0 radical (unpaired) electrons. The van der Waals surface area contributed by atoms with Crippen molar-refractivity contribution in [3.63, 3.8) is 0 Å². The van der Waals surface area contributed by atoms with Crippen LogP contribution in [0.2, 0.25) is 0 Å². The summed E-state index contributed by atoms with van der Waals surface area (Å²) in [6, 6.07) is 16.8. The molecule has 0 amide bonds. The van der Waals surface area contributed by atoms with Crippen molar-refractivity contribution in [3.8, 4) is 11.5 Å². The molecule has 0 saturated carbocycles. The van der Waals surface area contributed by atoms with Gasteiger partial charge in [-0.25, -0.2) is 9.18 Å². The first-order valence-electron chi connectivity index (χ1n) is 11.9. The predicted octanol–water partition coefficient (Wildman–Crippen LogP) is 6.17. The summed E-state index contributed by atoms with van der Waals surface area (Å²) in [6.45, 7) is 6.57. The van der Waals surface area contributed by atoms with Gasteiger partial charge in [-0.3, -0.25) is 0 Å². The molecule has 0 spiro atoms. The van der Waals surface area contributed by atoms with Gasteiger partial charge < -0.3 is 19.9 Å². The van der Waals surface area contributed by atoms with E-state index in [4.69, 9.17) is 9.47 Å². The lowest BCUT2D eigenvalue weighted by Crippen LogP contribution is -2.31. The van der Waals surface area contributed by atoms with E-state index in [9.17, 15) is 14.3 Å². The zero-order valence-electron chi connectivity index (χ0n) is 20.6. The number of hydrogen-bond donors (Lipinski definition) is 2. The Morgan fingerprint density at radius 3 is 2.71 bits per heavy atom. The number of carboxylic acid groups (broad SMARTS) is 1. The van der Waals surface area contributed by atoms with E-state index in [0.29, 0.717) is 12.1 Å². The number of aromatic carboxylic acids is 1. The van der Waals surface area contributed by atoms with Crippen LogP contribution in [0.3, 0.4) is 0 Å². The number of benzene rings is 3. The van der Waals surface area contributed by atoms with Gasteiger partial charge in [0.15, 0.2) is 11.6 Å². The maximum absolute atomic E-state index is 13.7. The molecule has 184 valence electrons. The molecule has 6 heteroatoms. The smallest absolute Gasteiger partial charge is 0.335 e. The number of ether oxygens (including phenoxy) is 2. The van der Waals surface area contributed by atoms with Gasteiger partial charge in [-0.15, -0.1) is 0 Å². The number of methoxy groups -OCH3 is 1. The first kappa shape index (κ1) is 24.7. The van der Waals surface area contributed by atoms with Crippen LogP contribution >= 0.6 is 0 Å². The normalized spacial score (nSPS) is 17.9. The Morgan fingerprint density at radius 1 is 1.20 bits per heavy atom. The van der Waals surface area contributed by atoms with Crippen LogP contribution in [0.4, 0.5) is 4.39 Å². The largest absolute Gasteiger partial charge is 0.494 e. The number of para-hydroxylation sites is 1. The van der Waals surface area contributed by atoms with E-state index in [2.05, 4.69) is 17.4 Å².